The van der Waals surface area contributed by atoms with Crippen LogP contribution in [-0.2, 0) is 9.53 Å². The van der Waals surface area contributed by atoms with Gasteiger partial charge in [-0.2, -0.15) is 0 Å². The summed E-state index contributed by atoms with van der Waals surface area (Å²) in [6.45, 7) is 2.92. The third-order valence-corrected chi connectivity index (χ3v) is 4.33. The number of nitrogens with one attached hydrogen (secondary N) is 1. The molecule has 0 aliphatic carbocycles. The SMILES string of the molecule is O=C(CN1CCOC1=O)N1CCCN(C(=O)Nc2ccccc2)CC1. The van der Waals surface area contributed by atoms with Gasteiger partial charge >= 0.3 is 12.1 Å². The highest BCUT2D eigenvalue weighted by Gasteiger charge is 2.28. The molecular weight excluding hydrogens is 324 g/mol. The molecule has 0 unspecified atom stereocenters. The van der Waals surface area contributed by atoms with Crippen LogP contribution in [0.5, 0.6) is 0 Å². The van der Waals surface area contributed by atoms with Crippen molar-refractivity contribution in [1.82, 2.24) is 14.7 Å². The topological polar surface area (TPSA) is 82.2 Å². The molecule has 8 heteroatoms. The summed E-state index contributed by atoms with van der Waals surface area (Å²) in [5.41, 5.74) is 0.747. The molecule has 2 fully saturated rings. The lowest BCUT2D eigenvalue weighted by molar-refractivity contribution is -0.131. The van der Waals surface area contributed by atoms with Crippen molar-refractivity contribution >= 4 is 23.7 Å². The highest BCUT2D eigenvalue weighted by molar-refractivity contribution is 5.89. The Morgan fingerprint density at radius 1 is 1.00 bits per heavy atom. The number of urea groups is 1. The minimum absolute atomic E-state index is 0.0368. The highest BCUT2D eigenvalue weighted by Crippen LogP contribution is 2.10. The third kappa shape index (κ3) is 4.40. The number of cyclic esters (lactones) is 1. The molecule has 0 aromatic heterocycles. The summed E-state index contributed by atoms with van der Waals surface area (Å²) >= 11 is 0. The Balaban J connectivity index is 1.50. The van der Waals surface area contributed by atoms with E-state index in [1.807, 2.05) is 30.3 Å². The number of hydrogen-bond donors (Lipinski definition) is 1. The van der Waals surface area contributed by atoms with Gasteiger partial charge in [0.15, 0.2) is 0 Å². The molecule has 1 N–H and O–H groups in total. The van der Waals surface area contributed by atoms with Crippen LogP contribution in [-0.4, -0.2) is 78.6 Å². The van der Waals surface area contributed by atoms with Gasteiger partial charge in [0.2, 0.25) is 5.91 Å². The second-order valence-electron chi connectivity index (χ2n) is 6.05. The number of para-hydroxylation sites is 1. The first kappa shape index (κ1) is 17.1. The summed E-state index contributed by atoms with van der Waals surface area (Å²) in [7, 11) is 0. The van der Waals surface area contributed by atoms with Crippen LogP contribution in [0.15, 0.2) is 30.3 Å². The fraction of sp³-hybridized carbons (Fsp3) is 0.471. The Morgan fingerprint density at radius 2 is 1.72 bits per heavy atom. The van der Waals surface area contributed by atoms with E-state index >= 15 is 0 Å². The lowest BCUT2D eigenvalue weighted by atomic mass is 10.3. The van der Waals surface area contributed by atoms with Crippen molar-refractivity contribution in [2.75, 3.05) is 51.2 Å². The Hall–Kier alpha value is -2.77. The zero-order valence-electron chi connectivity index (χ0n) is 14.0. The van der Waals surface area contributed by atoms with Gasteiger partial charge in [0.05, 0.1) is 6.54 Å². The molecular formula is C17H22N4O4. The van der Waals surface area contributed by atoms with Gasteiger partial charge in [-0.15, -0.1) is 0 Å². The number of carbonyl (C=O) groups excluding carboxylic acids is 3. The van der Waals surface area contributed by atoms with Crippen LogP contribution in [0.1, 0.15) is 6.42 Å². The van der Waals surface area contributed by atoms with Gasteiger partial charge in [-0.3, -0.25) is 9.69 Å². The monoisotopic (exact) mass is 346 g/mol. The third-order valence-electron chi connectivity index (χ3n) is 4.33. The predicted molar refractivity (Wildman–Crippen MR) is 91.2 cm³/mol. The molecule has 2 saturated heterocycles. The summed E-state index contributed by atoms with van der Waals surface area (Å²) in [6, 6.07) is 9.12. The van der Waals surface area contributed by atoms with Crippen LogP contribution in [0.3, 0.4) is 0 Å². The summed E-state index contributed by atoms with van der Waals surface area (Å²) in [4.78, 5) is 41.0. The lowest BCUT2D eigenvalue weighted by Crippen LogP contribution is -2.43. The van der Waals surface area contributed by atoms with E-state index < -0.39 is 6.09 Å². The van der Waals surface area contributed by atoms with Crippen LogP contribution in [0, 0.1) is 0 Å². The number of ether oxygens (including phenoxy) is 1. The molecule has 2 aliphatic rings. The van der Waals surface area contributed by atoms with Gasteiger partial charge in [0.25, 0.3) is 0 Å². The van der Waals surface area contributed by atoms with Gasteiger partial charge < -0.3 is 19.9 Å². The molecule has 1 aromatic rings. The number of amides is 4. The summed E-state index contributed by atoms with van der Waals surface area (Å²) in [5.74, 6) is -0.107. The minimum atomic E-state index is -0.438. The van der Waals surface area contributed by atoms with Crippen molar-refractivity contribution in [2.45, 2.75) is 6.42 Å². The zero-order chi connectivity index (χ0) is 17.6. The van der Waals surface area contributed by atoms with E-state index in [-0.39, 0.29) is 18.5 Å². The molecule has 8 nitrogen and oxygen atoms in total. The maximum Gasteiger partial charge on any atom is 0.410 e. The van der Waals surface area contributed by atoms with Gasteiger partial charge in [-0.1, -0.05) is 18.2 Å². The van der Waals surface area contributed by atoms with Crippen molar-refractivity contribution in [3.05, 3.63) is 30.3 Å². The first-order valence-electron chi connectivity index (χ1n) is 8.44. The van der Waals surface area contributed by atoms with Crippen molar-refractivity contribution in [1.29, 1.82) is 0 Å². The molecule has 1 aromatic carbocycles. The molecule has 134 valence electrons. The van der Waals surface area contributed by atoms with Gasteiger partial charge in [0.1, 0.15) is 13.2 Å². The fourth-order valence-electron chi connectivity index (χ4n) is 2.93. The largest absolute Gasteiger partial charge is 0.448 e. The Labute approximate surface area is 146 Å². The average Bonchev–Trinajstić information content (AvgIpc) is 2.87. The molecule has 25 heavy (non-hydrogen) atoms. The van der Waals surface area contributed by atoms with Crippen LogP contribution in [0.4, 0.5) is 15.3 Å². The van der Waals surface area contributed by atoms with E-state index in [2.05, 4.69) is 5.32 Å². The van der Waals surface area contributed by atoms with Gasteiger partial charge in [0, 0.05) is 31.9 Å². The molecule has 0 spiro atoms. The normalized spacial score (nSPS) is 17.9. The lowest BCUT2D eigenvalue weighted by Gasteiger charge is -2.24. The Morgan fingerprint density at radius 3 is 2.44 bits per heavy atom. The number of carbonyl (C=O) groups is 3. The Bertz CT molecular complexity index is 637. The van der Waals surface area contributed by atoms with Crippen molar-refractivity contribution < 1.29 is 19.1 Å². The Kier molecular flexibility index (Phi) is 5.37. The smallest absolute Gasteiger partial charge is 0.410 e. The maximum absolute atomic E-state index is 12.4. The second kappa shape index (κ2) is 7.87. The second-order valence-corrected chi connectivity index (χ2v) is 6.05. The van der Waals surface area contributed by atoms with Crippen LogP contribution >= 0.6 is 0 Å². The number of anilines is 1. The van der Waals surface area contributed by atoms with E-state index in [1.54, 1.807) is 9.80 Å². The average molecular weight is 346 g/mol. The summed E-state index contributed by atoms with van der Waals surface area (Å²) < 4.78 is 4.84. The van der Waals surface area contributed by atoms with E-state index in [1.165, 1.54) is 4.90 Å². The molecule has 0 atom stereocenters. The molecule has 4 amide bonds. The number of nitrogens with zero attached hydrogens (tertiary/aromatic N) is 3. The van der Waals surface area contributed by atoms with E-state index in [0.29, 0.717) is 45.8 Å². The van der Waals surface area contributed by atoms with Crippen molar-refractivity contribution in [3.8, 4) is 0 Å². The molecule has 0 radical (unpaired) electrons. The molecule has 3 rings (SSSR count). The fourth-order valence-corrected chi connectivity index (χ4v) is 2.93. The number of rotatable bonds is 3. The van der Waals surface area contributed by atoms with E-state index in [9.17, 15) is 14.4 Å². The van der Waals surface area contributed by atoms with Crippen LogP contribution in [0.2, 0.25) is 0 Å². The molecule has 2 heterocycles. The van der Waals surface area contributed by atoms with Crippen LogP contribution in [0.25, 0.3) is 0 Å². The van der Waals surface area contributed by atoms with Gasteiger partial charge in [-0.05, 0) is 18.6 Å². The predicted octanol–water partition coefficient (Wildman–Crippen LogP) is 1.20. The standard InChI is InChI=1S/C17H22N4O4/c22-15(13-21-11-12-25-17(21)24)19-7-4-8-20(10-9-19)16(23)18-14-5-2-1-3-6-14/h1-3,5-6H,4,7-13H2,(H,18,23). The van der Waals surface area contributed by atoms with Crippen molar-refractivity contribution in [3.63, 3.8) is 0 Å². The molecule has 2 aliphatic heterocycles. The first-order chi connectivity index (χ1) is 12.1. The minimum Gasteiger partial charge on any atom is -0.448 e. The quantitative estimate of drug-likeness (QED) is 0.892. The van der Waals surface area contributed by atoms with E-state index in [0.717, 1.165) is 5.69 Å². The van der Waals surface area contributed by atoms with Crippen molar-refractivity contribution in [2.24, 2.45) is 0 Å². The zero-order valence-corrected chi connectivity index (χ0v) is 14.0. The molecule has 0 bridgehead atoms. The highest BCUT2D eigenvalue weighted by atomic mass is 16.6. The molecule has 0 saturated carbocycles. The maximum atomic E-state index is 12.4. The summed E-state index contributed by atoms with van der Waals surface area (Å²) in [5, 5.41) is 2.86. The number of hydrogen-bond acceptors (Lipinski definition) is 4. The number of benzene rings is 1. The van der Waals surface area contributed by atoms with Gasteiger partial charge in [-0.25, -0.2) is 9.59 Å². The van der Waals surface area contributed by atoms with E-state index in [4.69, 9.17) is 4.74 Å². The summed E-state index contributed by atoms with van der Waals surface area (Å²) in [6.07, 6.45) is 0.269. The first-order valence-corrected chi connectivity index (χ1v) is 8.44. The van der Waals surface area contributed by atoms with Crippen LogP contribution < -0.4 is 5.32 Å².